The molecule has 5 nitrogen and oxygen atoms in total. The summed E-state index contributed by atoms with van der Waals surface area (Å²) in [5, 5.41) is 3.24. The number of carbonyl (C=O) groups excluding carboxylic acids is 1. The molecule has 0 unspecified atom stereocenters. The van der Waals surface area contributed by atoms with Crippen molar-refractivity contribution in [2.24, 2.45) is 11.8 Å². The van der Waals surface area contributed by atoms with Crippen molar-refractivity contribution in [2.45, 2.75) is 57.1 Å². The zero-order valence-corrected chi connectivity index (χ0v) is 13.8. The van der Waals surface area contributed by atoms with E-state index in [2.05, 4.69) is 5.32 Å². The SMILES string of the molecule is COCCO[C@@H]1CCN(C(=O)N[C@H]2C[C@@H]2C2CCCCC2)C1. The molecule has 126 valence electrons. The Balaban J connectivity index is 1.35. The van der Waals surface area contributed by atoms with Gasteiger partial charge in [-0.1, -0.05) is 32.1 Å². The van der Waals surface area contributed by atoms with Crippen molar-refractivity contribution >= 4 is 6.03 Å². The number of nitrogens with zero attached hydrogens (tertiary/aromatic N) is 1. The lowest BCUT2D eigenvalue weighted by Crippen LogP contribution is -2.41. The van der Waals surface area contributed by atoms with E-state index in [4.69, 9.17) is 9.47 Å². The van der Waals surface area contributed by atoms with Crippen LogP contribution in [-0.2, 0) is 9.47 Å². The van der Waals surface area contributed by atoms with Crippen LogP contribution in [0.1, 0.15) is 44.9 Å². The van der Waals surface area contributed by atoms with Crippen LogP contribution < -0.4 is 5.32 Å². The molecule has 2 saturated carbocycles. The van der Waals surface area contributed by atoms with Gasteiger partial charge in [0.2, 0.25) is 0 Å². The van der Waals surface area contributed by atoms with Crippen molar-refractivity contribution in [3.05, 3.63) is 0 Å². The van der Waals surface area contributed by atoms with Crippen molar-refractivity contribution in [2.75, 3.05) is 33.4 Å². The Bertz CT molecular complexity index is 371. The van der Waals surface area contributed by atoms with Crippen molar-refractivity contribution in [1.29, 1.82) is 0 Å². The standard InChI is InChI=1S/C17H30N2O3/c1-21-9-10-22-14-7-8-19(12-14)17(20)18-16-11-15(16)13-5-3-2-4-6-13/h13-16H,2-12H2,1H3,(H,18,20)/t14-,15-,16+/m1/s1. The zero-order chi connectivity index (χ0) is 15.4. The summed E-state index contributed by atoms with van der Waals surface area (Å²) in [6.45, 7) is 2.76. The predicted octanol–water partition coefficient (Wildman–Crippen LogP) is 2.40. The number of likely N-dealkylation sites (tertiary alicyclic amines) is 1. The molecule has 3 aliphatic rings. The Labute approximate surface area is 133 Å². The van der Waals surface area contributed by atoms with Gasteiger partial charge in [0, 0.05) is 26.2 Å². The van der Waals surface area contributed by atoms with Crippen LogP contribution in [0.4, 0.5) is 4.79 Å². The average molecular weight is 310 g/mol. The van der Waals surface area contributed by atoms with Crippen LogP contribution in [0.5, 0.6) is 0 Å². The van der Waals surface area contributed by atoms with Crippen LogP contribution in [-0.4, -0.2) is 56.5 Å². The van der Waals surface area contributed by atoms with Gasteiger partial charge in [0.25, 0.3) is 0 Å². The third kappa shape index (κ3) is 4.13. The maximum Gasteiger partial charge on any atom is 0.317 e. The fourth-order valence-electron chi connectivity index (χ4n) is 4.06. The Morgan fingerprint density at radius 2 is 2.00 bits per heavy atom. The molecule has 1 aliphatic heterocycles. The second-order valence-electron chi connectivity index (χ2n) is 7.07. The second kappa shape index (κ2) is 7.64. The summed E-state index contributed by atoms with van der Waals surface area (Å²) in [5.41, 5.74) is 0. The zero-order valence-electron chi connectivity index (χ0n) is 13.8. The van der Waals surface area contributed by atoms with Gasteiger partial charge in [-0.25, -0.2) is 4.79 Å². The van der Waals surface area contributed by atoms with Crippen LogP contribution in [0.2, 0.25) is 0 Å². The molecule has 0 aromatic carbocycles. The Morgan fingerprint density at radius 1 is 1.18 bits per heavy atom. The summed E-state index contributed by atoms with van der Waals surface area (Å²) in [6.07, 6.45) is 9.22. The van der Waals surface area contributed by atoms with Gasteiger partial charge >= 0.3 is 6.03 Å². The third-order valence-electron chi connectivity index (χ3n) is 5.48. The predicted molar refractivity (Wildman–Crippen MR) is 84.8 cm³/mol. The molecule has 0 aromatic heterocycles. The van der Waals surface area contributed by atoms with Crippen molar-refractivity contribution in [3.8, 4) is 0 Å². The number of nitrogens with one attached hydrogen (secondary N) is 1. The fourth-order valence-corrected chi connectivity index (χ4v) is 4.06. The van der Waals surface area contributed by atoms with Crippen molar-refractivity contribution in [3.63, 3.8) is 0 Å². The van der Waals surface area contributed by atoms with Gasteiger partial charge in [0.1, 0.15) is 0 Å². The normalized spacial score (nSPS) is 32.2. The highest BCUT2D eigenvalue weighted by molar-refractivity contribution is 5.75. The maximum atomic E-state index is 12.3. The van der Waals surface area contributed by atoms with Crippen LogP contribution in [0, 0.1) is 11.8 Å². The molecule has 1 N–H and O–H groups in total. The molecular weight excluding hydrogens is 280 g/mol. The first-order chi connectivity index (χ1) is 10.8. The Morgan fingerprint density at radius 3 is 2.77 bits per heavy atom. The number of ether oxygens (including phenoxy) is 2. The monoisotopic (exact) mass is 310 g/mol. The van der Waals surface area contributed by atoms with Gasteiger partial charge in [0.15, 0.2) is 0 Å². The summed E-state index contributed by atoms with van der Waals surface area (Å²) in [4.78, 5) is 14.2. The van der Waals surface area contributed by atoms with Crippen LogP contribution in [0.25, 0.3) is 0 Å². The number of carbonyl (C=O) groups is 1. The molecule has 3 rings (SSSR count). The molecule has 3 atom stereocenters. The molecule has 0 radical (unpaired) electrons. The van der Waals surface area contributed by atoms with Gasteiger partial charge in [0.05, 0.1) is 19.3 Å². The Hall–Kier alpha value is -0.810. The quantitative estimate of drug-likeness (QED) is 0.767. The first kappa shape index (κ1) is 16.1. The molecule has 3 fully saturated rings. The number of methoxy groups -OCH3 is 1. The minimum absolute atomic E-state index is 0.112. The first-order valence-corrected chi connectivity index (χ1v) is 8.94. The highest BCUT2D eigenvalue weighted by Gasteiger charge is 2.44. The third-order valence-corrected chi connectivity index (χ3v) is 5.48. The summed E-state index contributed by atoms with van der Waals surface area (Å²) < 4.78 is 10.7. The fraction of sp³-hybridized carbons (Fsp3) is 0.941. The number of hydrogen-bond acceptors (Lipinski definition) is 3. The molecule has 0 bridgehead atoms. The number of rotatable bonds is 6. The van der Waals surface area contributed by atoms with Gasteiger partial charge < -0.3 is 19.7 Å². The average Bonchev–Trinajstić information content (AvgIpc) is 3.14. The van der Waals surface area contributed by atoms with Crippen LogP contribution in [0.15, 0.2) is 0 Å². The minimum atomic E-state index is 0.112. The summed E-state index contributed by atoms with van der Waals surface area (Å²) in [7, 11) is 1.68. The van der Waals surface area contributed by atoms with E-state index in [-0.39, 0.29) is 12.1 Å². The van der Waals surface area contributed by atoms with E-state index in [1.54, 1.807) is 7.11 Å². The lowest BCUT2D eigenvalue weighted by Gasteiger charge is -2.22. The minimum Gasteiger partial charge on any atom is -0.382 e. The lowest BCUT2D eigenvalue weighted by molar-refractivity contribution is 0.0236. The highest BCUT2D eigenvalue weighted by Crippen LogP contribution is 2.44. The van der Waals surface area contributed by atoms with E-state index in [9.17, 15) is 4.79 Å². The molecule has 22 heavy (non-hydrogen) atoms. The smallest absolute Gasteiger partial charge is 0.317 e. The molecule has 0 spiro atoms. The van der Waals surface area contributed by atoms with Gasteiger partial charge in [-0.3, -0.25) is 0 Å². The molecule has 2 aliphatic carbocycles. The molecule has 2 amide bonds. The molecule has 0 aromatic rings. The van der Waals surface area contributed by atoms with E-state index in [0.717, 1.165) is 31.3 Å². The van der Waals surface area contributed by atoms with E-state index in [0.29, 0.717) is 19.3 Å². The van der Waals surface area contributed by atoms with Crippen molar-refractivity contribution in [1.82, 2.24) is 10.2 Å². The summed E-state index contributed by atoms with van der Waals surface area (Å²) in [6, 6.07) is 0.546. The number of urea groups is 1. The first-order valence-electron chi connectivity index (χ1n) is 8.94. The molecule has 1 heterocycles. The molecule has 1 saturated heterocycles. The van der Waals surface area contributed by atoms with E-state index in [1.165, 1.54) is 38.5 Å². The Kier molecular flexibility index (Phi) is 5.58. The van der Waals surface area contributed by atoms with E-state index < -0.39 is 0 Å². The van der Waals surface area contributed by atoms with Gasteiger partial charge in [-0.2, -0.15) is 0 Å². The van der Waals surface area contributed by atoms with E-state index >= 15 is 0 Å². The molecule has 5 heteroatoms. The summed E-state index contributed by atoms with van der Waals surface area (Å²) >= 11 is 0. The van der Waals surface area contributed by atoms with E-state index in [1.807, 2.05) is 4.90 Å². The van der Waals surface area contributed by atoms with Gasteiger partial charge in [-0.05, 0) is 24.7 Å². The maximum absolute atomic E-state index is 12.3. The topological polar surface area (TPSA) is 50.8 Å². The second-order valence-corrected chi connectivity index (χ2v) is 7.07. The van der Waals surface area contributed by atoms with Gasteiger partial charge in [-0.15, -0.1) is 0 Å². The summed E-state index contributed by atoms with van der Waals surface area (Å²) in [5.74, 6) is 1.61. The van der Waals surface area contributed by atoms with Crippen LogP contribution in [0.3, 0.4) is 0 Å². The highest BCUT2D eigenvalue weighted by atomic mass is 16.5. The van der Waals surface area contributed by atoms with Crippen molar-refractivity contribution < 1.29 is 14.3 Å². The largest absolute Gasteiger partial charge is 0.382 e. The lowest BCUT2D eigenvalue weighted by atomic mass is 9.85. The van der Waals surface area contributed by atoms with Crippen LogP contribution >= 0.6 is 0 Å². The number of amides is 2. The molecular formula is C17H30N2O3. The number of hydrogen-bond donors (Lipinski definition) is 1.